The number of nitrogens with one attached hydrogen (secondary N) is 1. The predicted molar refractivity (Wildman–Crippen MR) is 172 cm³/mol. The molecule has 0 unspecified atom stereocenters. The molecule has 0 bridgehead atoms. The number of rotatable bonds is 6. The van der Waals surface area contributed by atoms with Gasteiger partial charge in [0.15, 0.2) is 0 Å². The maximum absolute atomic E-state index is 13.5. The summed E-state index contributed by atoms with van der Waals surface area (Å²) >= 11 is 0. The second-order valence-corrected chi connectivity index (χ2v) is 15.7. The van der Waals surface area contributed by atoms with Crippen molar-refractivity contribution in [1.29, 1.82) is 5.26 Å². The quantitative estimate of drug-likeness (QED) is 0.340. The lowest BCUT2D eigenvalue weighted by molar-refractivity contribution is -0.125. The second kappa shape index (κ2) is 9.93. The number of amides is 1. The van der Waals surface area contributed by atoms with Crippen LogP contribution in [0.3, 0.4) is 0 Å². The van der Waals surface area contributed by atoms with Crippen molar-refractivity contribution in [2.24, 2.45) is 16.7 Å². The Morgan fingerprint density at radius 3 is 2.45 bits per heavy atom. The van der Waals surface area contributed by atoms with Gasteiger partial charge in [0.2, 0.25) is 0 Å². The summed E-state index contributed by atoms with van der Waals surface area (Å²) in [6.07, 6.45) is 13.2. The first-order chi connectivity index (χ1) is 21.4. The van der Waals surface area contributed by atoms with Gasteiger partial charge in [0.25, 0.3) is 5.91 Å². The molecule has 6 heteroatoms. The summed E-state index contributed by atoms with van der Waals surface area (Å²) in [6.45, 7) is 8.46. The Balaban J connectivity index is 0.948. The molecule has 2 aromatic carbocycles. The van der Waals surface area contributed by atoms with Crippen LogP contribution in [0.4, 0.5) is 0 Å². The van der Waals surface area contributed by atoms with Crippen molar-refractivity contribution in [1.82, 2.24) is 19.7 Å². The molecule has 44 heavy (non-hydrogen) atoms. The molecule has 6 nitrogen and oxygen atoms in total. The minimum Gasteiger partial charge on any atom is -0.361 e. The van der Waals surface area contributed by atoms with Crippen molar-refractivity contribution in [3.05, 3.63) is 70.4 Å². The van der Waals surface area contributed by atoms with E-state index in [-0.39, 0.29) is 17.2 Å². The first-order valence-corrected chi connectivity index (χ1v) is 17.3. The Morgan fingerprint density at radius 2 is 1.77 bits per heavy atom. The summed E-state index contributed by atoms with van der Waals surface area (Å²) in [5.41, 5.74) is 8.48. The van der Waals surface area contributed by atoms with E-state index in [4.69, 9.17) is 0 Å². The van der Waals surface area contributed by atoms with Gasteiger partial charge in [-0.1, -0.05) is 24.6 Å². The topological polar surface area (TPSA) is 66.4 Å². The standard InChI is InChI=1S/C38H45N5O/c1-25-15-32(27-5-6-27)33(31-11-13-40-35(25)31)20-41-14-12-37(16-26(17-37)19-39)18-34(41)28-7-9-29(10-8-28)36(44)43-23-38(24-43)21-42(22-38)30-3-2-4-30/h7-11,13,15,26-27,30,34,40H,2-6,12,14,16-18,20-24H2,1H3/t26?,34-,37?/m0/s1. The number of piperidine rings is 1. The van der Waals surface area contributed by atoms with E-state index in [1.54, 1.807) is 5.56 Å². The van der Waals surface area contributed by atoms with Crippen molar-refractivity contribution in [2.75, 3.05) is 32.7 Å². The molecule has 1 N–H and O–H groups in total. The fourth-order valence-electron chi connectivity index (χ4n) is 9.74. The highest BCUT2D eigenvalue weighted by molar-refractivity contribution is 5.95. The molecule has 3 aromatic rings. The number of nitriles is 1. The van der Waals surface area contributed by atoms with Crippen LogP contribution in [0.1, 0.15) is 102 Å². The Hall–Kier alpha value is -3.14. The Morgan fingerprint density at radius 1 is 1.00 bits per heavy atom. The van der Waals surface area contributed by atoms with Gasteiger partial charge in [-0.2, -0.15) is 5.26 Å². The van der Waals surface area contributed by atoms with Crippen LogP contribution in [0.2, 0.25) is 0 Å². The van der Waals surface area contributed by atoms with Crippen LogP contribution in [-0.2, 0) is 6.54 Å². The molecule has 2 spiro atoms. The third-order valence-electron chi connectivity index (χ3n) is 12.7. The van der Waals surface area contributed by atoms with Gasteiger partial charge in [0.1, 0.15) is 0 Å². The average molecular weight is 588 g/mol. The van der Waals surface area contributed by atoms with E-state index < -0.39 is 0 Å². The number of nitrogens with zero attached hydrogens (tertiary/aromatic N) is 4. The molecule has 4 heterocycles. The van der Waals surface area contributed by atoms with Crippen LogP contribution in [0, 0.1) is 35.0 Å². The summed E-state index contributed by atoms with van der Waals surface area (Å²) in [4.78, 5) is 24.4. The largest absolute Gasteiger partial charge is 0.361 e. The summed E-state index contributed by atoms with van der Waals surface area (Å²) in [5.74, 6) is 1.12. The lowest BCUT2D eigenvalue weighted by Crippen LogP contribution is -2.74. The molecule has 3 saturated carbocycles. The lowest BCUT2D eigenvalue weighted by atomic mass is 9.56. The van der Waals surface area contributed by atoms with Gasteiger partial charge < -0.3 is 9.88 Å². The normalized spacial score (nSPS) is 30.0. The fourth-order valence-corrected chi connectivity index (χ4v) is 9.74. The SMILES string of the molecule is Cc1cc(C2CC2)c(CN2CCC3(CC(C#N)C3)C[C@H]2c2ccc(C(=O)N3CC4(C3)CN(C3CCC3)C4)cc2)c2cc[nH]c12. The third kappa shape index (κ3) is 4.37. The number of fused-ring (bicyclic) bond motifs is 1. The van der Waals surface area contributed by atoms with E-state index in [1.165, 1.54) is 79.2 Å². The van der Waals surface area contributed by atoms with E-state index in [0.29, 0.717) is 17.4 Å². The van der Waals surface area contributed by atoms with Gasteiger partial charge in [-0.15, -0.1) is 0 Å². The molecule has 3 saturated heterocycles. The number of aromatic amines is 1. The highest BCUT2D eigenvalue weighted by Crippen LogP contribution is 2.57. The van der Waals surface area contributed by atoms with Gasteiger partial charge in [-0.3, -0.25) is 14.6 Å². The number of aromatic nitrogens is 1. The van der Waals surface area contributed by atoms with Gasteiger partial charge in [-0.25, -0.2) is 0 Å². The van der Waals surface area contributed by atoms with E-state index in [9.17, 15) is 10.1 Å². The minimum atomic E-state index is 0.195. The van der Waals surface area contributed by atoms with Crippen LogP contribution >= 0.6 is 0 Å². The maximum Gasteiger partial charge on any atom is 0.253 e. The Kier molecular flexibility index (Phi) is 6.14. The molecule has 228 valence electrons. The van der Waals surface area contributed by atoms with E-state index in [1.807, 2.05) is 0 Å². The highest BCUT2D eigenvalue weighted by Gasteiger charge is 2.55. The number of hydrogen-bond acceptors (Lipinski definition) is 4. The first kappa shape index (κ1) is 27.2. The van der Waals surface area contributed by atoms with Crippen LogP contribution in [0.25, 0.3) is 10.9 Å². The smallest absolute Gasteiger partial charge is 0.253 e. The monoisotopic (exact) mass is 587 g/mol. The number of benzene rings is 2. The van der Waals surface area contributed by atoms with Gasteiger partial charge in [-0.05, 0) is 117 Å². The third-order valence-corrected chi connectivity index (χ3v) is 12.7. The zero-order valence-corrected chi connectivity index (χ0v) is 26.2. The molecular weight excluding hydrogens is 542 g/mol. The van der Waals surface area contributed by atoms with Crippen molar-refractivity contribution in [3.63, 3.8) is 0 Å². The number of aryl methyl sites for hydroxylation is 1. The first-order valence-electron chi connectivity index (χ1n) is 17.3. The molecule has 1 aromatic heterocycles. The van der Waals surface area contributed by atoms with Crippen molar-refractivity contribution >= 4 is 16.8 Å². The van der Waals surface area contributed by atoms with Crippen molar-refractivity contribution in [2.45, 2.75) is 89.3 Å². The van der Waals surface area contributed by atoms with Crippen LogP contribution < -0.4 is 0 Å². The zero-order valence-electron chi connectivity index (χ0n) is 26.2. The number of carbonyl (C=O) groups excluding carboxylic acids is 1. The maximum atomic E-state index is 13.5. The predicted octanol–water partition coefficient (Wildman–Crippen LogP) is 6.92. The van der Waals surface area contributed by atoms with Crippen LogP contribution in [0.15, 0.2) is 42.6 Å². The Labute approximate surface area is 261 Å². The van der Waals surface area contributed by atoms with Gasteiger partial charge in [0.05, 0.1) is 6.07 Å². The molecular formula is C38H45N5O. The number of H-pyrrole nitrogens is 1. The van der Waals surface area contributed by atoms with E-state index in [2.05, 4.69) is 75.3 Å². The second-order valence-electron chi connectivity index (χ2n) is 15.7. The fraction of sp³-hybridized carbons (Fsp3) is 0.579. The summed E-state index contributed by atoms with van der Waals surface area (Å²) in [5, 5.41) is 11.0. The minimum absolute atomic E-state index is 0.195. The van der Waals surface area contributed by atoms with Gasteiger partial charge in [0, 0.05) is 78.8 Å². The molecule has 3 aliphatic carbocycles. The number of likely N-dealkylation sites (tertiary alicyclic amines) is 3. The average Bonchev–Trinajstić information content (AvgIpc) is 3.67. The molecule has 6 aliphatic rings. The molecule has 9 rings (SSSR count). The summed E-state index contributed by atoms with van der Waals surface area (Å²) in [6, 6.07) is 17.1. The zero-order chi connectivity index (χ0) is 29.6. The summed E-state index contributed by atoms with van der Waals surface area (Å²) in [7, 11) is 0. The van der Waals surface area contributed by atoms with E-state index in [0.717, 1.165) is 57.0 Å². The van der Waals surface area contributed by atoms with Crippen LogP contribution in [0.5, 0.6) is 0 Å². The number of carbonyl (C=O) groups is 1. The highest BCUT2D eigenvalue weighted by atomic mass is 16.2. The molecule has 1 amide bonds. The molecule has 0 radical (unpaired) electrons. The Bertz CT molecular complexity index is 1640. The van der Waals surface area contributed by atoms with E-state index >= 15 is 0 Å². The molecule has 3 aliphatic heterocycles. The number of hydrogen-bond donors (Lipinski definition) is 1. The molecule has 1 atom stereocenters. The van der Waals surface area contributed by atoms with Crippen molar-refractivity contribution < 1.29 is 4.79 Å². The lowest BCUT2D eigenvalue weighted by Gasteiger charge is -2.63. The van der Waals surface area contributed by atoms with Gasteiger partial charge >= 0.3 is 0 Å². The van der Waals surface area contributed by atoms with Crippen LogP contribution in [-0.4, -0.2) is 64.4 Å². The summed E-state index contributed by atoms with van der Waals surface area (Å²) < 4.78 is 0. The van der Waals surface area contributed by atoms with Crippen molar-refractivity contribution in [3.8, 4) is 6.07 Å². The molecule has 6 fully saturated rings.